The average Bonchev–Trinajstić information content (AvgIpc) is 2.59. The van der Waals surface area contributed by atoms with Gasteiger partial charge in [0, 0.05) is 11.6 Å². The zero-order valence-corrected chi connectivity index (χ0v) is 12.2. The Hall–Kier alpha value is -0.590. The van der Waals surface area contributed by atoms with Gasteiger partial charge in [0.1, 0.15) is 5.76 Å². The van der Waals surface area contributed by atoms with Gasteiger partial charge in [0.2, 0.25) is 0 Å². The number of amides is 1. The van der Waals surface area contributed by atoms with Gasteiger partial charge in [0.25, 0.3) is 5.91 Å². The second-order valence-electron chi connectivity index (χ2n) is 4.22. The number of carbonyl (C=O) groups excluding carboxylic acids is 1. The van der Waals surface area contributed by atoms with E-state index in [0.29, 0.717) is 11.6 Å². The maximum Gasteiger partial charge on any atom is 0.273 e. The summed E-state index contributed by atoms with van der Waals surface area (Å²) >= 11 is 2.19. The van der Waals surface area contributed by atoms with Gasteiger partial charge in [0.15, 0.2) is 5.69 Å². The second kappa shape index (κ2) is 5.65. The van der Waals surface area contributed by atoms with E-state index in [1.165, 1.54) is 0 Å². The van der Waals surface area contributed by atoms with Crippen molar-refractivity contribution < 1.29 is 9.32 Å². The summed E-state index contributed by atoms with van der Waals surface area (Å²) in [5, 5.41) is 6.72. The molecule has 0 spiro atoms. The van der Waals surface area contributed by atoms with Crippen molar-refractivity contribution in [3.63, 3.8) is 0 Å². The number of carbonyl (C=O) groups is 1. The molecule has 0 aromatic carbocycles. The van der Waals surface area contributed by atoms with Crippen LogP contribution in [0, 0.1) is 12.8 Å². The van der Waals surface area contributed by atoms with Gasteiger partial charge in [-0.25, -0.2) is 0 Å². The lowest BCUT2D eigenvalue weighted by Crippen LogP contribution is -2.36. The van der Waals surface area contributed by atoms with Crippen LogP contribution < -0.4 is 5.32 Å². The molecule has 1 aromatic heterocycles. The van der Waals surface area contributed by atoms with Crippen LogP contribution in [0.3, 0.4) is 0 Å². The lowest BCUT2D eigenvalue weighted by atomic mass is 10.1. The SMILES string of the molecule is Cc1c(C(=O)NC(C)C(C)C)noc1CI. The molecular formula is C11H17IN2O2. The van der Waals surface area contributed by atoms with Crippen LogP contribution in [0.2, 0.25) is 0 Å². The van der Waals surface area contributed by atoms with Crippen LogP contribution in [0.4, 0.5) is 0 Å². The van der Waals surface area contributed by atoms with Crippen LogP contribution in [-0.4, -0.2) is 17.1 Å². The van der Waals surface area contributed by atoms with Crippen LogP contribution in [0.5, 0.6) is 0 Å². The monoisotopic (exact) mass is 336 g/mol. The van der Waals surface area contributed by atoms with Gasteiger partial charge in [-0.15, -0.1) is 0 Å². The summed E-state index contributed by atoms with van der Waals surface area (Å²) < 4.78 is 5.82. The first-order valence-corrected chi connectivity index (χ1v) is 6.81. The van der Waals surface area contributed by atoms with Crippen molar-refractivity contribution in [1.29, 1.82) is 0 Å². The third-order valence-corrected chi connectivity index (χ3v) is 3.41. The van der Waals surface area contributed by atoms with Crippen LogP contribution in [0.1, 0.15) is 42.6 Å². The van der Waals surface area contributed by atoms with Gasteiger partial charge < -0.3 is 9.84 Å². The molecule has 5 heteroatoms. The molecule has 1 N–H and O–H groups in total. The van der Waals surface area contributed by atoms with Gasteiger partial charge >= 0.3 is 0 Å². The second-order valence-corrected chi connectivity index (χ2v) is 4.98. The molecule has 1 rings (SSSR count). The normalized spacial score (nSPS) is 12.9. The molecule has 1 atom stereocenters. The van der Waals surface area contributed by atoms with Gasteiger partial charge in [-0.05, 0) is 19.8 Å². The van der Waals surface area contributed by atoms with Crippen molar-refractivity contribution in [2.24, 2.45) is 5.92 Å². The van der Waals surface area contributed by atoms with Gasteiger partial charge in [-0.2, -0.15) is 0 Å². The molecule has 1 aromatic rings. The number of rotatable bonds is 4. The highest BCUT2D eigenvalue weighted by atomic mass is 127. The van der Waals surface area contributed by atoms with Crippen molar-refractivity contribution in [2.45, 2.75) is 38.2 Å². The molecule has 1 heterocycles. The number of nitrogens with zero attached hydrogens (tertiary/aromatic N) is 1. The summed E-state index contributed by atoms with van der Waals surface area (Å²) in [5.74, 6) is 1.02. The number of aromatic nitrogens is 1. The summed E-state index contributed by atoms with van der Waals surface area (Å²) in [6.45, 7) is 7.98. The van der Waals surface area contributed by atoms with Crippen molar-refractivity contribution in [1.82, 2.24) is 10.5 Å². The van der Waals surface area contributed by atoms with Gasteiger partial charge in [-0.3, -0.25) is 4.79 Å². The first-order chi connectivity index (χ1) is 7.47. The third-order valence-electron chi connectivity index (χ3n) is 2.72. The lowest BCUT2D eigenvalue weighted by Gasteiger charge is -2.16. The van der Waals surface area contributed by atoms with E-state index in [9.17, 15) is 4.79 Å². The molecule has 0 radical (unpaired) electrons. The summed E-state index contributed by atoms with van der Waals surface area (Å²) in [6.07, 6.45) is 0. The molecule has 90 valence electrons. The molecule has 0 aliphatic carbocycles. The fraction of sp³-hybridized carbons (Fsp3) is 0.636. The summed E-state index contributed by atoms with van der Waals surface area (Å²) in [6, 6.07) is 0.131. The zero-order chi connectivity index (χ0) is 12.3. The van der Waals surface area contributed by atoms with E-state index in [2.05, 4.69) is 46.9 Å². The smallest absolute Gasteiger partial charge is 0.273 e. The standard InChI is InChI=1S/C11H17IN2O2/c1-6(2)8(4)13-11(15)10-7(3)9(5-12)16-14-10/h6,8H,5H2,1-4H3,(H,13,15). The lowest BCUT2D eigenvalue weighted by molar-refractivity contribution is 0.0921. The molecule has 0 saturated heterocycles. The van der Waals surface area contributed by atoms with Crippen molar-refractivity contribution >= 4 is 28.5 Å². The molecule has 0 aliphatic heterocycles. The van der Waals surface area contributed by atoms with Gasteiger partial charge in [0.05, 0.1) is 4.43 Å². The molecule has 0 bridgehead atoms. The molecule has 0 aliphatic rings. The number of nitrogens with one attached hydrogen (secondary N) is 1. The first kappa shape index (κ1) is 13.5. The van der Waals surface area contributed by atoms with E-state index in [4.69, 9.17) is 4.52 Å². The topological polar surface area (TPSA) is 55.1 Å². The van der Waals surface area contributed by atoms with Crippen LogP contribution in [-0.2, 0) is 4.43 Å². The minimum Gasteiger partial charge on any atom is -0.359 e. The molecular weight excluding hydrogens is 319 g/mol. The Kier molecular flexibility index (Phi) is 4.76. The maximum absolute atomic E-state index is 11.9. The fourth-order valence-corrected chi connectivity index (χ4v) is 1.86. The Morgan fingerprint density at radius 1 is 1.50 bits per heavy atom. The molecule has 4 nitrogen and oxygen atoms in total. The van der Waals surface area contributed by atoms with E-state index in [-0.39, 0.29) is 11.9 Å². The maximum atomic E-state index is 11.9. The van der Waals surface area contributed by atoms with Crippen molar-refractivity contribution in [3.05, 3.63) is 17.0 Å². The number of hydrogen-bond acceptors (Lipinski definition) is 3. The predicted octanol–water partition coefficient (Wildman–Crippen LogP) is 2.69. The Balaban J connectivity index is 2.77. The largest absolute Gasteiger partial charge is 0.359 e. The fourth-order valence-electron chi connectivity index (χ4n) is 1.15. The number of alkyl halides is 1. The quantitative estimate of drug-likeness (QED) is 0.679. The number of hydrogen-bond donors (Lipinski definition) is 1. The van der Waals surface area contributed by atoms with E-state index in [1.807, 2.05) is 13.8 Å². The highest BCUT2D eigenvalue weighted by Crippen LogP contribution is 2.16. The zero-order valence-electron chi connectivity index (χ0n) is 10.0. The summed E-state index contributed by atoms with van der Waals surface area (Å²) in [7, 11) is 0. The first-order valence-electron chi connectivity index (χ1n) is 5.29. The molecule has 0 saturated carbocycles. The van der Waals surface area contributed by atoms with E-state index in [1.54, 1.807) is 0 Å². The van der Waals surface area contributed by atoms with Gasteiger partial charge in [-0.1, -0.05) is 41.6 Å². The minimum absolute atomic E-state index is 0.131. The molecule has 16 heavy (non-hydrogen) atoms. The summed E-state index contributed by atoms with van der Waals surface area (Å²) in [5.41, 5.74) is 1.24. The van der Waals surface area contributed by atoms with Crippen molar-refractivity contribution in [3.8, 4) is 0 Å². The Labute approximate surface area is 109 Å². The predicted molar refractivity (Wildman–Crippen MR) is 70.7 cm³/mol. The van der Waals surface area contributed by atoms with E-state index < -0.39 is 0 Å². The van der Waals surface area contributed by atoms with Crippen LogP contribution in [0.25, 0.3) is 0 Å². The molecule has 1 unspecified atom stereocenters. The number of halogens is 1. The van der Waals surface area contributed by atoms with Crippen molar-refractivity contribution in [2.75, 3.05) is 0 Å². The molecule has 1 amide bonds. The highest BCUT2D eigenvalue weighted by Gasteiger charge is 2.20. The third kappa shape index (κ3) is 2.96. The molecule has 0 fully saturated rings. The average molecular weight is 336 g/mol. The van der Waals surface area contributed by atoms with Crippen LogP contribution in [0.15, 0.2) is 4.52 Å². The minimum atomic E-state index is -0.154. The summed E-state index contributed by atoms with van der Waals surface area (Å²) in [4.78, 5) is 11.9. The highest BCUT2D eigenvalue weighted by molar-refractivity contribution is 14.1. The van der Waals surface area contributed by atoms with Crippen LogP contribution >= 0.6 is 22.6 Å². The van der Waals surface area contributed by atoms with E-state index in [0.717, 1.165) is 15.8 Å². The Morgan fingerprint density at radius 2 is 2.12 bits per heavy atom. The Bertz CT molecular complexity index is 374. The van der Waals surface area contributed by atoms with E-state index >= 15 is 0 Å². The Morgan fingerprint density at radius 3 is 2.56 bits per heavy atom.